The highest BCUT2D eigenvalue weighted by Crippen LogP contribution is 2.68. The molecule has 2 N–H and O–H groups in total. The van der Waals surface area contributed by atoms with E-state index in [1.807, 2.05) is 67.6 Å². The topological polar surface area (TPSA) is 26.0 Å². The number of anilines is 1. The molecule has 0 bridgehead atoms. The first-order valence-electron chi connectivity index (χ1n) is 26.8. The Morgan fingerprint density at radius 3 is 1.40 bits per heavy atom. The third-order valence-corrected chi connectivity index (χ3v) is 16.1. The summed E-state index contributed by atoms with van der Waals surface area (Å²) in [6.07, 6.45) is 22.1. The van der Waals surface area contributed by atoms with Crippen LogP contribution in [0.4, 0.5) is 5.69 Å². The van der Waals surface area contributed by atoms with Crippen LogP contribution in [0.1, 0.15) is 75.9 Å². The van der Waals surface area contributed by atoms with Gasteiger partial charge in [0.05, 0.1) is 10.8 Å². The number of nitrogens with two attached hydrogens (primary N) is 1. The van der Waals surface area contributed by atoms with E-state index < -0.39 is 10.8 Å². The highest BCUT2D eigenvalue weighted by atomic mass is 14.6. The standard InChI is InChI=1S/C58H48.C18H15N/c1-5-20-43(21-6-2)44(22-7-3)36-33-42-34-37-45(38-35-42)46-39-40-56(4)49-27-14-15-28-50(49)58(55(56)41-46)53-31-18-16-29-51(53)57(47-23-10-8-11-24-47,48-25-12-9-13-26-48)52-30-17-19-32-54(52)58;19-18-9-5-4-8-17(18)16-12-10-15(11-13-16)14-6-2-1-3-7-14/h5-39,41H,1,3,40H2,2,4H3;1-13H,19H2/b21-6-,36-33-,43-20+,44-22+;. The molecule has 9 aromatic rings. The number of fused-ring (bicyclic) bond motifs is 9. The van der Waals surface area contributed by atoms with Gasteiger partial charge in [-0.2, -0.15) is 0 Å². The molecule has 1 nitrogen and oxygen atoms in total. The zero-order valence-corrected chi connectivity index (χ0v) is 44.0. The van der Waals surface area contributed by atoms with Gasteiger partial charge in [-0.25, -0.2) is 0 Å². The quantitative estimate of drug-likeness (QED) is 0.101. The number of hydrogen-bond donors (Lipinski definition) is 1. The van der Waals surface area contributed by atoms with Gasteiger partial charge in [0.2, 0.25) is 0 Å². The van der Waals surface area contributed by atoms with Crippen LogP contribution in [-0.2, 0) is 16.2 Å². The molecule has 3 aliphatic carbocycles. The number of allylic oxidation sites excluding steroid dienone is 13. The Hall–Kier alpha value is -9.30. The summed E-state index contributed by atoms with van der Waals surface area (Å²) in [6.45, 7) is 12.4. The van der Waals surface area contributed by atoms with Crippen molar-refractivity contribution in [1.29, 1.82) is 0 Å². The number of rotatable bonds is 11. The molecular formula is C76H63N. The van der Waals surface area contributed by atoms with Crippen LogP contribution >= 0.6 is 0 Å². The maximum Gasteiger partial charge on any atom is 0.0708 e. The highest BCUT2D eigenvalue weighted by Gasteiger charge is 2.62. The van der Waals surface area contributed by atoms with Crippen molar-refractivity contribution in [3.05, 3.63) is 377 Å². The molecule has 1 spiro atoms. The molecule has 0 heterocycles. The lowest BCUT2D eigenvalue weighted by atomic mass is 9.50. The van der Waals surface area contributed by atoms with Crippen molar-refractivity contribution in [2.75, 3.05) is 5.73 Å². The SMILES string of the molecule is C=C/C=C(\C=C/C)C(/C=C\c1ccc(C2=CCC3(C)C(=C2)C2(c4ccccc43)c3ccccc3C(c3ccccc3)(c3ccccc3)c3ccccc32)cc1)=C/C=C.Nc1ccccc1-c1ccc(-c2ccccc2)cc1. The molecule has 0 aromatic heterocycles. The van der Waals surface area contributed by atoms with Crippen molar-refractivity contribution in [3.8, 4) is 22.3 Å². The van der Waals surface area contributed by atoms with Crippen molar-refractivity contribution in [2.45, 2.75) is 36.5 Å². The second-order valence-corrected chi connectivity index (χ2v) is 20.3. The fourth-order valence-electron chi connectivity index (χ4n) is 12.7. The second-order valence-electron chi connectivity index (χ2n) is 20.3. The molecule has 0 radical (unpaired) electrons. The maximum atomic E-state index is 6.00. The smallest absolute Gasteiger partial charge is 0.0708 e. The highest BCUT2D eigenvalue weighted by molar-refractivity contribution is 5.86. The molecule has 12 rings (SSSR count). The van der Waals surface area contributed by atoms with Gasteiger partial charge in [-0.3, -0.25) is 0 Å². The van der Waals surface area contributed by atoms with Crippen molar-refractivity contribution >= 4 is 17.3 Å². The van der Waals surface area contributed by atoms with Crippen LogP contribution in [0.2, 0.25) is 0 Å². The van der Waals surface area contributed by atoms with Crippen molar-refractivity contribution in [2.24, 2.45) is 0 Å². The molecule has 1 unspecified atom stereocenters. The molecule has 1 atom stereocenters. The Labute approximate surface area is 456 Å². The van der Waals surface area contributed by atoms with Crippen LogP contribution in [0, 0.1) is 0 Å². The van der Waals surface area contributed by atoms with Crippen molar-refractivity contribution in [3.63, 3.8) is 0 Å². The minimum absolute atomic E-state index is 0.194. The Morgan fingerprint density at radius 1 is 0.442 bits per heavy atom. The van der Waals surface area contributed by atoms with E-state index in [2.05, 4.69) is 257 Å². The summed E-state index contributed by atoms with van der Waals surface area (Å²) in [5.74, 6) is 0. The molecule has 3 aliphatic rings. The largest absolute Gasteiger partial charge is 0.398 e. The fraction of sp³-hybridized carbons (Fsp3) is 0.0789. The lowest BCUT2D eigenvalue weighted by molar-refractivity contribution is 0.524. The lowest BCUT2D eigenvalue weighted by Gasteiger charge is -2.51. The Bertz CT molecular complexity index is 3720. The summed E-state index contributed by atoms with van der Waals surface area (Å²) in [5.41, 5.74) is 28.3. The average molecular weight is 990 g/mol. The van der Waals surface area contributed by atoms with E-state index in [4.69, 9.17) is 5.73 Å². The lowest BCUT2D eigenvalue weighted by Crippen LogP contribution is -2.46. The zero-order chi connectivity index (χ0) is 52.8. The number of para-hydroxylation sites is 1. The van der Waals surface area contributed by atoms with Crippen LogP contribution < -0.4 is 5.73 Å². The Morgan fingerprint density at radius 2 is 0.870 bits per heavy atom. The maximum absolute atomic E-state index is 6.00. The summed E-state index contributed by atoms with van der Waals surface area (Å²) in [4.78, 5) is 0. The van der Waals surface area contributed by atoms with Gasteiger partial charge in [-0.1, -0.05) is 311 Å². The zero-order valence-electron chi connectivity index (χ0n) is 44.0. The molecule has 9 aromatic carbocycles. The van der Waals surface area contributed by atoms with Gasteiger partial charge in [0.15, 0.2) is 0 Å². The fourth-order valence-corrected chi connectivity index (χ4v) is 12.7. The van der Waals surface area contributed by atoms with Gasteiger partial charge < -0.3 is 5.73 Å². The summed E-state index contributed by atoms with van der Waals surface area (Å²) in [7, 11) is 0. The predicted octanol–water partition coefficient (Wildman–Crippen LogP) is 18.8. The van der Waals surface area contributed by atoms with Crippen molar-refractivity contribution < 1.29 is 0 Å². The van der Waals surface area contributed by atoms with Crippen molar-refractivity contribution in [1.82, 2.24) is 0 Å². The minimum atomic E-state index is -0.512. The molecule has 0 fully saturated rings. The summed E-state index contributed by atoms with van der Waals surface area (Å²) < 4.78 is 0. The van der Waals surface area contributed by atoms with Gasteiger partial charge in [0, 0.05) is 16.7 Å². The minimum Gasteiger partial charge on any atom is -0.398 e. The molecule has 77 heavy (non-hydrogen) atoms. The van der Waals surface area contributed by atoms with E-state index in [9.17, 15) is 0 Å². The summed E-state index contributed by atoms with van der Waals surface area (Å²) in [6, 6.07) is 86.1. The average Bonchev–Trinajstić information content (AvgIpc) is 3.16. The number of benzene rings is 9. The van der Waals surface area contributed by atoms with E-state index >= 15 is 0 Å². The van der Waals surface area contributed by atoms with E-state index in [1.54, 1.807) is 0 Å². The summed E-state index contributed by atoms with van der Waals surface area (Å²) in [5, 5.41) is 0. The van der Waals surface area contributed by atoms with Gasteiger partial charge >= 0.3 is 0 Å². The van der Waals surface area contributed by atoms with E-state index in [-0.39, 0.29) is 5.41 Å². The number of nitrogen functional groups attached to an aromatic ring is 1. The normalized spacial score (nSPS) is 16.8. The van der Waals surface area contributed by atoms with E-state index in [0.29, 0.717) is 0 Å². The molecule has 0 saturated carbocycles. The van der Waals surface area contributed by atoms with Gasteiger partial charge in [-0.15, -0.1) is 0 Å². The molecule has 0 amide bonds. The predicted molar refractivity (Wildman–Crippen MR) is 328 cm³/mol. The molecular weight excluding hydrogens is 927 g/mol. The first-order chi connectivity index (χ1) is 37.9. The van der Waals surface area contributed by atoms with Gasteiger partial charge in [0.25, 0.3) is 0 Å². The van der Waals surface area contributed by atoms with Gasteiger partial charge in [-0.05, 0) is 114 Å². The van der Waals surface area contributed by atoms with E-state index in [0.717, 1.165) is 39.9 Å². The van der Waals surface area contributed by atoms with Crippen LogP contribution in [-0.4, -0.2) is 0 Å². The molecule has 0 saturated heterocycles. The number of hydrogen-bond acceptors (Lipinski definition) is 1. The second kappa shape index (κ2) is 21.5. The summed E-state index contributed by atoms with van der Waals surface area (Å²) >= 11 is 0. The molecule has 1 heteroatoms. The van der Waals surface area contributed by atoms with Crippen LogP contribution in [0.3, 0.4) is 0 Å². The van der Waals surface area contributed by atoms with Crippen LogP contribution in [0.15, 0.2) is 321 Å². The van der Waals surface area contributed by atoms with Gasteiger partial charge in [0.1, 0.15) is 0 Å². The molecule has 372 valence electrons. The van der Waals surface area contributed by atoms with Crippen LogP contribution in [0.25, 0.3) is 33.9 Å². The first-order valence-corrected chi connectivity index (χ1v) is 26.8. The third kappa shape index (κ3) is 8.74. The Kier molecular flexibility index (Phi) is 13.9. The third-order valence-electron chi connectivity index (χ3n) is 16.1. The Balaban J connectivity index is 0.000000278. The van der Waals surface area contributed by atoms with E-state index in [1.165, 1.54) is 72.3 Å². The van der Waals surface area contributed by atoms with Crippen LogP contribution in [0.5, 0.6) is 0 Å². The molecule has 0 aliphatic heterocycles. The first kappa shape index (κ1) is 49.9. The monoisotopic (exact) mass is 989 g/mol.